The Labute approximate surface area is 118 Å². The highest BCUT2D eigenvalue weighted by molar-refractivity contribution is 9.10. The molecule has 18 heavy (non-hydrogen) atoms. The monoisotopic (exact) mass is 324 g/mol. The van der Waals surface area contributed by atoms with Crippen molar-refractivity contribution in [2.75, 3.05) is 0 Å². The highest BCUT2D eigenvalue weighted by atomic mass is 79.9. The quantitative estimate of drug-likeness (QED) is 0.866. The van der Waals surface area contributed by atoms with Crippen molar-refractivity contribution < 1.29 is 9.90 Å². The van der Waals surface area contributed by atoms with Crippen LogP contribution < -0.4 is 0 Å². The van der Waals surface area contributed by atoms with Crippen LogP contribution >= 0.6 is 27.5 Å². The van der Waals surface area contributed by atoms with Gasteiger partial charge in [0.2, 0.25) is 0 Å². The molecule has 0 saturated heterocycles. The molecule has 0 heterocycles. The molecule has 0 unspecified atom stereocenters. The van der Waals surface area contributed by atoms with Gasteiger partial charge in [-0.15, -0.1) is 0 Å². The fraction of sp³-hybridized carbons (Fsp3) is 0.0714. The highest BCUT2D eigenvalue weighted by Gasteiger charge is 2.20. The van der Waals surface area contributed by atoms with Crippen molar-refractivity contribution in [3.8, 4) is 0 Å². The molecular formula is C14H10BrClO2. The minimum absolute atomic E-state index is 0.365. The van der Waals surface area contributed by atoms with Crippen LogP contribution in [0.25, 0.3) is 0 Å². The molecule has 2 aromatic carbocycles. The van der Waals surface area contributed by atoms with Gasteiger partial charge in [0.05, 0.1) is 0 Å². The Morgan fingerprint density at radius 2 is 1.72 bits per heavy atom. The highest BCUT2D eigenvalue weighted by Crippen LogP contribution is 2.25. The molecule has 2 nitrogen and oxygen atoms in total. The molecule has 1 N–H and O–H groups in total. The summed E-state index contributed by atoms with van der Waals surface area (Å²) in [6, 6.07) is 13.6. The Morgan fingerprint density at radius 1 is 1.11 bits per heavy atom. The fourth-order valence-corrected chi connectivity index (χ4v) is 2.11. The number of carbonyl (C=O) groups excluding carboxylic acids is 1. The van der Waals surface area contributed by atoms with Crippen LogP contribution in [-0.2, 0) is 0 Å². The number of rotatable bonds is 3. The lowest BCUT2D eigenvalue weighted by atomic mass is 10.00. The molecule has 0 spiro atoms. The Hall–Kier alpha value is -1.16. The van der Waals surface area contributed by atoms with Gasteiger partial charge in [0.1, 0.15) is 6.10 Å². The Balaban J connectivity index is 2.29. The molecule has 0 amide bonds. The summed E-state index contributed by atoms with van der Waals surface area (Å²) in [7, 11) is 0. The van der Waals surface area contributed by atoms with Gasteiger partial charge in [-0.25, -0.2) is 0 Å². The first-order valence-corrected chi connectivity index (χ1v) is 6.49. The zero-order valence-corrected chi connectivity index (χ0v) is 11.6. The molecule has 1 atom stereocenters. The average Bonchev–Trinajstić information content (AvgIpc) is 2.38. The molecule has 0 fully saturated rings. The third kappa shape index (κ3) is 2.80. The van der Waals surface area contributed by atoms with E-state index in [9.17, 15) is 9.90 Å². The Bertz CT molecular complexity index is 566. The summed E-state index contributed by atoms with van der Waals surface area (Å²) < 4.78 is 0.881. The lowest BCUT2D eigenvalue weighted by Gasteiger charge is -2.11. The van der Waals surface area contributed by atoms with E-state index in [-0.39, 0.29) is 5.78 Å². The number of benzene rings is 2. The summed E-state index contributed by atoms with van der Waals surface area (Å²) in [5, 5.41) is 10.4. The first kappa shape index (κ1) is 13.3. The summed E-state index contributed by atoms with van der Waals surface area (Å²) in [6.45, 7) is 0. The topological polar surface area (TPSA) is 37.3 Å². The minimum Gasteiger partial charge on any atom is -0.380 e. The van der Waals surface area contributed by atoms with E-state index in [1.54, 1.807) is 48.5 Å². The number of Topliss-reactive ketones (excluding diaryl/α,β-unsaturated/α-hetero) is 1. The molecule has 0 aliphatic carbocycles. The number of aliphatic hydroxyl groups is 1. The van der Waals surface area contributed by atoms with Crippen LogP contribution in [0.15, 0.2) is 53.0 Å². The SMILES string of the molecule is O=C(c1ccc(Br)cc1)[C@@H](O)c1ccccc1Cl. The van der Waals surface area contributed by atoms with Crippen molar-refractivity contribution in [2.24, 2.45) is 0 Å². The van der Waals surface area contributed by atoms with Gasteiger partial charge in [0.25, 0.3) is 0 Å². The molecular weight excluding hydrogens is 316 g/mol. The molecule has 0 aliphatic rings. The summed E-state index contributed by atoms with van der Waals surface area (Å²) >= 11 is 9.25. The van der Waals surface area contributed by atoms with Crippen LogP contribution in [0.1, 0.15) is 22.0 Å². The molecule has 2 rings (SSSR count). The number of hydrogen-bond acceptors (Lipinski definition) is 2. The number of aliphatic hydroxyl groups excluding tert-OH is 1. The van der Waals surface area contributed by atoms with Gasteiger partial charge in [-0.3, -0.25) is 4.79 Å². The Kier molecular flexibility index (Phi) is 4.17. The number of ketones is 1. The second kappa shape index (κ2) is 5.65. The zero-order valence-electron chi connectivity index (χ0n) is 9.31. The van der Waals surface area contributed by atoms with E-state index in [4.69, 9.17) is 11.6 Å². The standard InChI is InChI=1S/C14H10BrClO2/c15-10-7-5-9(6-8-10)13(17)14(18)11-3-1-2-4-12(11)16/h1-8,14,18H/t14-/m0/s1. The van der Waals surface area contributed by atoms with E-state index < -0.39 is 6.10 Å². The average molecular weight is 326 g/mol. The smallest absolute Gasteiger partial charge is 0.195 e. The van der Waals surface area contributed by atoms with Gasteiger partial charge in [-0.2, -0.15) is 0 Å². The third-order valence-corrected chi connectivity index (χ3v) is 3.45. The van der Waals surface area contributed by atoms with E-state index in [2.05, 4.69) is 15.9 Å². The van der Waals surface area contributed by atoms with Gasteiger partial charge in [-0.05, 0) is 18.2 Å². The Morgan fingerprint density at radius 3 is 2.33 bits per heavy atom. The van der Waals surface area contributed by atoms with Gasteiger partial charge in [-0.1, -0.05) is 57.9 Å². The second-order valence-corrected chi connectivity index (χ2v) is 5.12. The maximum atomic E-state index is 12.1. The molecule has 0 bridgehead atoms. The van der Waals surface area contributed by atoms with Crippen molar-refractivity contribution in [1.29, 1.82) is 0 Å². The third-order valence-electron chi connectivity index (χ3n) is 2.58. The summed E-state index contributed by atoms with van der Waals surface area (Å²) in [4.78, 5) is 12.1. The van der Waals surface area contributed by atoms with Crippen molar-refractivity contribution in [3.63, 3.8) is 0 Å². The van der Waals surface area contributed by atoms with Crippen molar-refractivity contribution in [3.05, 3.63) is 69.2 Å². The van der Waals surface area contributed by atoms with Crippen LogP contribution in [-0.4, -0.2) is 10.9 Å². The van der Waals surface area contributed by atoms with Gasteiger partial charge in [0, 0.05) is 20.6 Å². The van der Waals surface area contributed by atoms with E-state index >= 15 is 0 Å². The van der Waals surface area contributed by atoms with Crippen LogP contribution in [0, 0.1) is 0 Å². The molecule has 4 heteroatoms. The normalized spacial score (nSPS) is 12.2. The molecule has 2 aromatic rings. The predicted molar refractivity (Wildman–Crippen MR) is 74.9 cm³/mol. The van der Waals surface area contributed by atoms with Gasteiger partial charge in [0.15, 0.2) is 5.78 Å². The van der Waals surface area contributed by atoms with E-state index in [0.717, 1.165) is 4.47 Å². The van der Waals surface area contributed by atoms with Gasteiger partial charge < -0.3 is 5.11 Å². The van der Waals surface area contributed by atoms with E-state index in [0.29, 0.717) is 16.1 Å². The lowest BCUT2D eigenvalue weighted by Crippen LogP contribution is -2.12. The van der Waals surface area contributed by atoms with Crippen LogP contribution in [0.4, 0.5) is 0 Å². The summed E-state index contributed by atoms with van der Waals surface area (Å²) in [6.07, 6.45) is -1.24. The van der Waals surface area contributed by atoms with Crippen molar-refractivity contribution in [2.45, 2.75) is 6.10 Å². The second-order valence-electron chi connectivity index (χ2n) is 3.80. The predicted octanol–water partition coefficient (Wildman–Crippen LogP) is 4.02. The first-order valence-electron chi connectivity index (χ1n) is 5.32. The molecule has 92 valence electrons. The molecule has 0 aromatic heterocycles. The van der Waals surface area contributed by atoms with Crippen LogP contribution in [0.5, 0.6) is 0 Å². The minimum atomic E-state index is -1.24. The van der Waals surface area contributed by atoms with Gasteiger partial charge >= 0.3 is 0 Å². The van der Waals surface area contributed by atoms with Crippen molar-refractivity contribution >= 4 is 33.3 Å². The number of halogens is 2. The van der Waals surface area contributed by atoms with E-state index in [1.807, 2.05) is 0 Å². The lowest BCUT2D eigenvalue weighted by molar-refractivity contribution is 0.0747. The van der Waals surface area contributed by atoms with E-state index in [1.165, 1.54) is 0 Å². The molecule has 0 aliphatic heterocycles. The van der Waals surface area contributed by atoms with Crippen LogP contribution in [0.2, 0.25) is 5.02 Å². The number of hydrogen-bond donors (Lipinski definition) is 1. The number of carbonyl (C=O) groups is 1. The maximum Gasteiger partial charge on any atom is 0.195 e. The van der Waals surface area contributed by atoms with Crippen molar-refractivity contribution in [1.82, 2.24) is 0 Å². The first-order chi connectivity index (χ1) is 8.59. The summed E-state index contributed by atoms with van der Waals surface area (Å²) in [5.74, 6) is -0.365. The largest absolute Gasteiger partial charge is 0.380 e. The van der Waals surface area contributed by atoms with Crippen LogP contribution in [0.3, 0.4) is 0 Å². The zero-order chi connectivity index (χ0) is 13.1. The fourth-order valence-electron chi connectivity index (χ4n) is 1.61. The molecule has 0 radical (unpaired) electrons. The summed E-state index contributed by atoms with van der Waals surface area (Å²) in [5.41, 5.74) is 0.873. The maximum absolute atomic E-state index is 12.1. The molecule has 0 saturated carbocycles.